The Hall–Kier alpha value is -3.90. The average Bonchev–Trinajstić information content (AvgIpc) is 3.49. The van der Waals surface area contributed by atoms with Gasteiger partial charge in [0, 0.05) is 25.1 Å². The van der Waals surface area contributed by atoms with Gasteiger partial charge in [-0.15, -0.1) is 0 Å². The van der Waals surface area contributed by atoms with Crippen molar-refractivity contribution in [3.8, 4) is 28.9 Å². The minimum atomic E-state index is -1.13. The maximum absolute atomic E-state index is 17.0. The Bertz CT molecular complexity index is 1890. The first-order chi connectivity index (χ1) is 22.1. The van der Waals surface area contributed by atoms with Crippen molar-refractivity contribution in [1.82, 2.24) is 19.9 Å². The van der Waals surface area contributed by atoms with Gasteiger partial charge >= 0.3 is 6.01 Å². The molecule has 4 aliphatic heterocycles. The largest absolute Gasteiger partial charge is 0.508 e. The Morgan fingerprint density at radius 1 is 1.09 bits per heavy atom. The molecule has 0 amide bonds. The van der Waals surface area contributed by atoms with E-state index in [0.717, 1.165) is 19.4 Å². The van der Waals surface area contributed by atoms with Crippen LogP contribution in [-0.4, -0.2) is 86.3 Å². The first-order valence-corrected chi connectivity index (χ1v) is 16.1. The first kappa shape index (κ1) is 29.5. The van der Waals surface area contributed by atoms with Gasteiger partial charge in [-0.05, 0) is 80.1 Å². The highest BCUT2D eigenvalue weighted by molar-refractivity contribution is 6.03. The van der Waals surface area contributed by atoms with Gasteiger partial charge in [-0.2, -0.15) is 9.97 Å². The molecule has 4 aliphatic rings. The standard InChI is InChI=1S/C34H36F3N5O4/c1-3-21-23(36)7-6-18-12-20(43)13-22(25(18)21)28-27(37)29-26-30(42-11-4-8-33(2,44)24(42)16-45-31(26)38-28)40-32(39-29)46-17-34-9-5-10-41(34)15-19(35)14-34/h6-7,12-13,19,24,43-44H,3-5,8-11,14-17H2,1-2H3/t19-,24-,33-,34+/m1/s1. The number of aliphatic hydroxyl groups is 1. The van der Waals surface area contributed by atoms with Gasteiger partial charge in [0.15, 0.2) is 5.82 Å². The van der Waals surface area contributed by atoms with Gasteiger partial charge in [0.1, 0.15) is 53.4 Å². The molecule has 2 aromatic carbocycles. The quantitative estimate of drug-likeness (QED) is 0.296. The fraction of sp³-hybridized carbons (Fsp3) is 0.500. The second-order valence-electron chi connectivity index (χ2n) is 13.4. The Labute approximate surface area is 264 Å². The van der Waals surface area contributed by atoms with Crippen LogP contribution >= 0.6 is 0 Å². The number of rotatable bonds is 5. The van der Waals surface area contributed by atoms with E-state index in [9.17, 15) is 14.6 Å². The summed E-state index contributed by atoms with van der Waals surface area (Å²) in [5.74, 6) is -0.970. The van der Waals surface area contributed by atoms with Crippen molar-refractivity contribution in [2.75, 3.05) is 37.7 Å². The summed E-state index contributed by atoms with van der Waals surface area (Å²) in [5, 5.41) is 23.3. The van der Waals surface area contributed by atoms with E-state index in [1.54, 1.807) is 19.9 Å². The number of fused-ring (bicyclic) bond motifs is 4. The summed E-state index contributed by atoms with van der Waals surface area (Å²) in [5.41, 5.74) is -1.31. The monoisotopic (exact) mass is 635 g/mol. The fourth-order valence-corrected chi connectivity index (χ4v) is 8.28. The zero-order valence-electron chi connectivity index (χ0n) is 25.8. The van der Waals surface area contributed by atoms with Crippen molar-refractivity contribution >= 4 is 27.5 Å². The Morgan fingerprint density at radius 3 is 2.74 bits per heavy atom. The predicted octanol–water partition coefficient (Wildman–Crippen LogP) is 5.46. The average molecular weight is 636 g/mol. The summed E-state index contributed by atoms with van der Waals surface area (Å²) in [6, 6.07) is 5.17. The van der Waals surface area contributed by atoms with Crippen molar-refractivity contribution in [3.05, 3.63) is 41.5 Å². The van der Waals surface area contributed by atoms with Crippen molar-refractivity contribution in [3.63, 3.8) is 0 Å². The highest BCUT2D eigenvalue weighted by atomic mass is 19.1. The summed E-state index contributed by atoms with van der Waals surface area (Å²) >= 11 is 0. The van der Waals surface area contributed by atoms with Crippen LogP contribution in [0.5, 0.6) is 17.6 Å². The summed E-state index contributed by atoms with van der Waals surface area (Å²) in [6.07, 6.45) is 2.68. The van der Waals surface area contributed by atoms with Gasteiger partial charge in [-0.25, -0.2) is 18.2 Å². The molecule has 12 heteroatoms. The Balaban J connectivity index is 1.34. The third kappa shape index (κ3) is 4.47. The van der Waals surface area contributed by atoms with Crippen LogP contribution in [0.1, 0.15) is 51.5 Å². The zero-order valence-corrected chi connectivity index (χ0v) is 25.8. The molecule has 9 nitrogen and oxygen atoms in total. The maximum Gasteiger partial charge on any atom is 0.319 e. The molecule has 0 spiro atoms. The van der Waals surface area contributed by atoms with E-state index in [-0.39, 0.29) is 53.0 Å². The molecule has 3 fully saturated rings. The summed E-state index contributed by atoms with van der Waals surface area (Å²) < 4.78 is 59.0. The number of ether oxygens (including phenoxy) is 2. The van der Waals surface area contributed by atoms with E-state index in [4.69, 9.17) is 14.5 Å². The molecule has 0 unspecified atom stereocenters. The number of piperidine rings is 1. The number of phenols is 1. The lowest BCUT2D eigenvalue weighted by atomic mass is 9.86. The highest BCUT2D eigenvalue weighted by Gasteiger charge is 2.50. The number of aromatic nitrogens is 3. The van der Waals surface area contributed by atoms with Crippen LogP contribution in [0.4, 0.5) is 19.0 Å². The molecule has 2 aromatic heterocycles. The third-order valence-corrected chi connectivity index (χ3v) is 10.5. The summed E-state index contributed by atoms with van der Waals surface area (Å²) in [4.78, 5) is 18.0. The lowest BCUT2D eigenvalue weighted by Gasteiger charge is -2.44. The molecule has 46 heavy (non-hydrogen) atoms. The van der Waals surface area contributed by atoms with Crippen LogP contribution in [0.25, 0.3) is 32.9 Å². The number of hydrogen-bond donors (Lipinski definition) is 2. The predicted molar refractivity (Wildman–Crippen MR) is 166 cm³/mol. The molecule has 4 atom stereocenters. The number of phenolic OH excluding ortho intramolecular Hbond substituents is 1. The van der Waals surface area contributed by atoms with E-state index < -0.39 is 35.0 Å². The van der Waals surface area contributed by atoms with E-state index in [0.29, 0.717) is 60.9 Å². The van der Waals surface area contributed by atoms with Gasteiger partial charge < -0.3 is 24.6 Å². The van der Waals surface area contributed by atoms with Crippen LogP contribution in [0.3, 0.4) is 0 Å². The molecule has 0 aliphatic carbocycles. The van der Waals surface area contributed by atoms with Crippen LogP contribution in [0.2, 0.25) is 0 Å². The number of nitrogens with zero attached hydrogens (tertiary/aromatic N) is 5. The van der Waals surface area contributed by atoms with Crippen LogP contribution in [0, 0.1) is 11.6 Å². The molecule has 242 valence electrons. The topological polar surface area (TPSA) is 104 Å². The second-order valence-corrected chi connectivity index (χ2v) is 13.4. The second kappa shape index (κ2) is 10.6. The van der Waals surface area contributed by atoms with Crippen molar-refractivity contribution < 1.29 is 32.9 Å². The van der Waals surface area contributed by atoms with Crippen molar-refractivity contribution in [2.45, 2.75) is 75.7 Å². The smallest absolute Gasteiger partial charge is 0.319 e. The van der Waals surface area contributed by atoms with Crippen LogP contribution in [-0.2, 0) is 6.42 Å². The minimum absolute atomic E-state index is 0.0539. The molecule has 0 bridgehead atoms. The van der Waals surface area contributed by atoms with E-state index in [1.807, 2.05) is 4.90 Å². The van der Waals surface area contributed by atoms with Gasteiger partial charge in [0.25, 0.3) is 0 Å². The minimum Gasteiger partial charge on any atom is -0.508 e. The van der Waals surface area contributed by atoms with Crippen LogP contribution in [0.15, 0.2) is 24.3 Å². The van der Waals surface area contributed by atoms with E-state index in [2.05, 4.69) is 14.9 Å². The van der Waals surface area contributed by atoms with Crippen molar-refractivity contribution in [1.29, 1.82) is 0 Å². The molecule has 3 saturated heterocycles. The fourth-order valence-electron chi connectivity index (χ4n) is 8.28. The van der Waals surface area contributed by atoms with Gasteiger partial charge in [-0.3, -0.25) is 4.90 Å². The number of alkyl halides is 1. The number of aromatic hydroxyl groups is 1. The number of hydrogen-bond acceptors (Lipinski definition) is 9. The number of pyridine rings is 1. The number of halogens is 3. The normalized spacial score (nSPS) is 27.5. The first-order valence-electron chi connectivity index (χ1n) is 16.1. The lowest BCUT2D eigenvalue weighted by Crippen LogP contribution is -2.58. The molecular weight excluding hydrogens is 599 g/mol. The summed E-state index contributed by atoms with van der Waals surface area (Å²) in [6.45, 7) is 5.45. The molecule has 4 aromatic rings. The lowest BCUT2D eigenvalue weighted by molar-refractivity contribution is -0.00713. The maximum atomic E-state index is 17.0. The number of aryl methyl sites for hydroxylation is 1. The summed E-state index contributed by atoms with van der Waals surface area (Å²) in [7, 11) is 0. The molecular formula is C34H36F3N5O4. The van der Waals surface area contributed by atoms with Gasteiger partial charge in [0.2, 0.25) is 5.88 Å². The molecule has 0 radical (unpaired) electrons. The number of benzene rings is 2. The highest BCUT2D eigenvalue weighted by Crippen LogP contribution is 2.46. The Kier molecular flexibility index (Phi) is 6.77. The SMILES string of the molecule is CCc1c(F)ccc2cc(O)cc(-c3nc4c5c(nc(OC[C@@]67CCCN6C[C@H](F)C7)nc5c3F)N3CCC[C@@](C)(O)[C@H]3CO4)c12. The molecule has 0 saturated carbocycles. The zero-order chi connectivity index (χ0) is 32.0. The van der Waals surface area contributed by atoms with E-state index in [1.165, 1.54) is 18.2 Å². The Morgan fingerprint density at radius 2 is 1.91 bits per heavy atom. The van der Waals surface area contributed by atoms with Gasteiger partial charge in [0.05, 0.1) is 17.2 Å². The molecule has 2 N–H and O–H groups in total. The number of anilines is 1. The molecule has 8 rings (SSSR count). The van der Waals surface area contributed by atoms with Crippen LogP contribution < -0.4 is 14.4 Å². The van der Waals surface area contributed by atoms with E-state index >= 15 is 8.78 Å². The van der Waals surface area contributed by atoms with Gasteiger partial charge in [-0.1, -0.05) is 13.0 Å². The van der Waals surface area contributed by atoms with Crippen molar-refractivity contribution in [2.24, 2.45) is 0 Å². The molecule has 6 heterocycles. The third-order valence-electron chi connectivity index (χ3n) is 10.5.